The molecular formula is C77H144O6. The fourth-order valence-corrected chi connectivity index (χ4v) is 11.5. The Hall–Kier alpha value is -2.37. The van der Waals surface area contributed by atoms with E-state index in [2.05, 4.69) is 57.2 Å². The van der Waals surface area contributed by atoms with E-state index in [1.807, 2.05) is 0 Å². The van der Waals surface area contributed by atoms with Gasteiger partial charge in [0.05, 0.1) is 0 Å². The van der Waals surface area contributed by atoms with Crippen molar-refractivity contribution in [1.29, 1.82) is 0 Å². The molecule has 0 aromatic rings. The number of unbranched alkanes of at least 4 members (excludes halogenated alkanes) is 53. The Morgan fingerprint density at radius 2 is 0.434 bits per heavy atom. The SMILES string of the molecule is CCCCCCC/C=C\C/C=C\C/C=C\CCCCCCCCCCCCC(=O)OC(COC(=O)CCCCCCCCCCCCCCCC)COC(=O)CCCCCCCCCCCCCCCCCCCCCCCCCCCC. The number of rotatable bonds is 70. The molecule has 0 aliphatic rings. The van der Waals surface area contributed by atoms with Gasteiger partial charge in [-0.05, 0) is 57.8 Å². The van der Waals surface area contributed by atoms with Crippen molar-refractivity contribution in [3.8, 4) is 0 Å². The van der Waals surface area contributed by atoms with Crippen LogP contribution in [0.5, 0.6) is 0 Å². The van der Waals surface area contributed by atoms with Gasteiger partial charge in [-0.3, -0.25) is 14.4 Å². The highest BCUT2D eigenvalue weighted by atomic mass is 16.6. The van der Waals surface area contributed by atoms with Crippen molar-refractivity contribution in [2.45, 2.75) is 425 Å². The fraction of sp³-hybridized carbons (Fsp3) is 0.883. The highest BCUT2D eigenvalue weighted by molar-refractivity contribution is 5.71. The predicted octanol–water partition coefficient (Wildman–Crippen LogP) is 25.9. The molecule has 0 aromatic heterocycles. The monoisotopic (exact) mass is 1170 g/mol. The molecule has 1 atom stereocenters. The molecule has 488 valence electrons. The number of esters is 3. The number of carbonyl (C=O) groups excluding carboxylic acids is 3. The lowest BCUT2D eigenvalue weighted by Gasteiger charge is -2.18. The van der Waals surface area contributed by atoms with Crippen molar-refractivity contribution in [2.24, 2.45) is 0 Å². The summed E-state index contributed by atoms with van der Waals surface area (Å²) < 4.78 is 17.0. The molecule has 0 aliphatic heterocycles. The van der Waals surface area contributed by atoms with Gasteiger partial charge in [0.2, 0.25) is 0 Å². The minimum Gasteiger partial charge on any atom is -0.462 e. The fourth-order valence-electron chi connectivity index (χ4n) is 11.5. The van der Waals surface area contributed by atoms with Crippen molar-refractivity contribution in [3.05, 3.63) is 36.5 Å². The van der Waals surface area contributed by atoms with E-state index < -0.39 is 6.10 Å². The van der Waals surface area contributed by atoms with Gasteiger partial charge in [0, 0.05) is 19.3 Å². The summed E-state index contributed by atoms with van der Waals surface area (Å²) in [6, 6.07) is 0. The molecule has 6 nitrogen and oxygen atoms in total. The number of carbonyl (C=O) groups is 3. The lowest BCUT2D eigenvalue weighted by molar-refractivity contribution is -0.167. The first-order chi connectivity index (χ1) is 41.0. The van der Waals surface area contributed by atoms with Crippen LogP contribution in [0.1, 0.15) is 419 Å². The van der Waals surface area contributed by atoms with Crippen molar-refractivity contribution in [3.63, 3.8) is 0 Å². The first kappa shape index (κ1) is 80.6. The summed E-state index contributed by atoms with van der Waals surface area (Å²) >= 11 is 0. The number of allylic oxidation sites excluding steroid dienone is 6. The Bertz CT molecular complexity index is 1380. The van der Waals surface area contributed by atoms with Crippen molar-refractivity contribution in [1.82, 2.24) is 0 Å². The Kier molecular flexibility index (Phi) is 70.0. The van der Waals surface area contributed by atoms with Crippen molar-refractivity contribution >= 4 is 17.9 Å². The van der Waals surface area contributed by atoms with Crippen LogP contribution in [0.25, 0.3) is 0 Å². The number of ether oxygens (including phenoxy) is 3. The van der Waals surface area contributed by atoms with Crippen LogP contribution in [0.15, 0.2) is 36.5 Å². The molecule has 0 saturated carbocycles. The van der Waals surface area contributed by atoms with Crippen LogP contribution in [0, 0.1) is 0 Å². The van der Waals surface area contributed by atoms with Gasteiger partial charge in [-0.25, -0.2) is 0 Å². The standard InChI is InChI=1S/C77H144O6/c1-4-7-10-13-16-19-22-25-28-30-32-34-36-38-40-41-43-45-47-49-52-55-58-61-64-67-70-76(79)82-73-74(72-81-75(78)69-66-63-60-57-54-51-27-24-21-18-15-12-9-6-3)83-77(80)71-68-65-62-59-56-53-50-48-46-44-42-39-37-35-33-31-29-26-23-20-17-14-11-8-5-2/h23,26,31,33,37,39,74H,4-22,24-25,27-30,32,34-36,38,40-73H2,1-3H3/b26-23-,33-31-,39-37-. The average Bonchev–Trinajstić information content (AvgIpc) is 3.49. The van der Waals surface area contributed by atoms with Crippen LogP contribution in [0.3, 0.4) is 0 Å². The smallest absolute Gasteiger partial charge is 0.306 e. The topological polar surface area (TPSA) is 78.9 Å². The molecule has 0 aromatic carbocycles. The van der Waals surface area contributed by atoms with Crippen molar-refractivity contribution < 1.29 is 28.6 Å². The molecule has 0 amide bonds. The van der Waals surface area contributed by atoms with Crippen LogP contribution in [-0.2, 0) is 28.6 Å². The summed E-state index contributed by atoms with van der Waals surface area (Å²) in [6.07, 6.45) is 90.4. The van der Waals surface area contributed by atoms with E-state index in [0.29, 0.717) is 19.3 Å². The lowest BCUT2D eigenvalue weighted by Crippen LogP contribution is -2.30. The van der Waals surface area contributed by atoms with Gasteiger partial charge in [0.25, 0.3) is 0 Å². The second kappa shape index (κ2) is 72.1. The summed E-state index contributed by atoms with van der Waals surface area (Å²) in [4.78, 5) is 38.5. The summed E-state index contributed by atoms with van der Waals surface area (Å²) in [6.45, 7) is 6.71. The molecular weight excluding hydrogens is 1020 g/mol. The maximum absolute atomic E-state index is 13.0. The maximum atomic E-state index is 13.0. The van der Waals surface area contributed by atoms with Gasteiger partial charge in [-0.2, -0.15) is 0 Å². The quantitative estimate of drug-likeness (QED) is 0.0261. The average molecular weight is 1170 g/mol. The molecule has 0 fully saturated rings. The Morgan fingerprint density at radius 3 is 0.675 bits per heavy atom. The first-order valence-corrected chi connectivity index (χ1v) is 37.5. The van der Waals surface area contributed by atoms with E-state index in [0.717, 1.165) is 70.6 Å². The predicted molar refractivity (Wildman–Crippen MR) is 362 cm³/mol. The highest BCUT2D eigenvalue weighted by Gasteiger charge is 2.20. The van der Waals surface area contributed by atoms with E-state index in [-0.39, 0.29) is 31.1 Å². The van der Waals surface area contributed by atoms with E-state index in [1.165, 1.54) is 308 Å². The second-order valence-electron chi connectivity index (χ2n) is 25.6. The third-order valence-electron chi connectivity index (χ3n) is 17.1. The van der Waals surface area contributed by atoms with Gasteiger partial charge in [0.15, 0.2) is 6.10 Å². The third kappa shape index (κ3) is 70.3. The van der Waals surface area contributed by atoms with E-state index in [4.69, 9.17) is 14.2 Å². The Balaban J connectivity index is 4.24. The molecule has 6 heteroatoms. The zero-order valence-corrected chi connectivity index (χ0v) is 56.2. The number of hydrogen-bond donors (Lipinski definition) is 0. The van der Waals surface area contributed by atoms with Crippen LogP contribution in [0.4, 0.5) is 0 Å². The molecule has 1 unspecified atom stereocenters. The zero-order chi connectivity index (χ0) is 59.9. The molecule has 0 bridgehead atoms. The lowest BCUT2D eigenvalue weighted by atomic mass is 10.0. The van der Waals surface area contributed by atoms with Gasteiger partial charge >= 0.3 is 17.9 Å². The molecule has 0 spiro atoms. The third-order valence-corrected chi connectivity index (χ3v) is 17.1. The molecule has 0 saturated heterocycles. The van der Waals surface area contributed by atoms with E-state index in [9.17, 15) is 14.4 Å². The number of hydrogen-bond acceptors (Lipinski definition) is 6. The summed E-state index contributed by atoms with van der Waals surface area (Å²) in [5, 5.41) is 0. The van der Waals surface area contributed by atoms with Crippen molar-refractivity contribution in [2.75, 3.05) is 13.2 Å². The zero-order valence-electron chi connectivity index (χ0n) is 56.2. The molecule has 0 heterocycles. The Morgan fingerprint density at radius 1 is 0.241 bits per heavy atom. The molecule has 0 radical (unpaired) electrons. The van der Waals surface area contributed by atoms with Gasteiger partial charge < -0.3 is 14.2 Å². The highest BCUT2D eigenvalue weighted by Crippen LogP contribution is 2.19. The van der Waals surface area contributed by atoms with Crippen LogP contribution < -0.4 is 0 Å². The summed E-state index contributed by atoms with van der Waals surface area (Å²) in [7, 11) is 0. The molecule has 0 aliphatic carbocycles. The van der Waals surface area contributed by atoms with Gasteiger partial charge in [-0.15, -0.1) is 0 Å². The van der Waals surface area contributed by atoms with E-state index >= 15 is 0 Å². The van der Waals surface area contributed by atoms with E-state index in [1.54, 1.807) is 0 Å². The molecule has 0 N–H and O–H groups in total. The normalized spacial score (nSPS) is 12.2. The first-order valence-electron chi connectivity index (χ1n) is 37.5. The minimum atomic E-state index is -0.772. The largest absolute Gasteiger partial charge is 0.462 e. The van der Waals surface area contributed by atoms with Gasteiger partial charge in [0.1, 0.15) is 13.2 Å². The molecule has 83 heavy (non-hydrogen) atoms. The Labute approximate surface area is 518 Å². The second-order valence-corrected chi connectivity index (χ2v) is 25.6. The summed E-state index contributed by atoms with van der Waals surface area (Å²) in [5.74, 6) is -0.838. The van der Waals surface area contributed by atoms with Crippen LogP contribution in [-0.4, -0.2) is 37.2 Å². The van der Waals surface area contributed by atoms with Crippen LogP contribution in [0.2, 0.25) is 0 Å². The van der Waals surface area contributed by atoms with Gasteiger partial charge in [-0.1, -0.05) is 378 Å². The maximum Gasteiger partial charge on any atom is 0.306 e. The summed E-state index contributed by atoms with van der Waals surface area (Å²) in [5.41, 5.74) is 0. The minimum absolute atomic E-state index is 0.0673. The van der Waals surface area contributed by atoms with Crippen LogP contribution >= 0.6 is 0 Å². The molecule has 0 rings (SSSR count).